The van der Waals surface area contributed by atoms with Gasteiger partial charge in [0, 0.05) is 65.3 Å². The average molecular weight is 363 g/mol. The summed E-state index contributed by atoms with van der Waals surface area (Å²) in [5.41, 5.74) is 1.30. The van der Waals surface area contributed by atoms with E-state index < -0.39 is 0 Å². The third-order valence-electron chi connectivity index (χ3n) is 5.20. The predicted octanol–water partition coefficient (Wildman–Crippen LogP) is 1.84. The Kier molecular flexibility index (Phi) is 8.98. The summed E-state index contributed by atoms with van der Waals surface area (Å²) in [6.07, 6.45) is 4.48. The molecule has 0 unspecified atom stereocenters. The number of hydrogen-bond acceptors (Lipinski definition) is 3. The fraction of sp³-hybridized carbons (Fsp3) is 0.750. The van der Waals surface area contributed by atoms with Gasteiger partial charge in [0.05, 0.1) is 6.54 Å². The average Bonchev–Trinajstić information content (AvgIpc) is 3.05. The molecule has 0 aliphatic carbocycles. The van der Waals surface area contributed by atoms with E-state index >= 15 is 0 Å². The number of aliphatic imine (C=N–C) groups is 1. The van der Waals surface area contributed by atoms with E-state index in [1.807, 2.05) is 0 Å². The molecule has 1 N–H and O–H groups in total. The summed E-state index contributed by atoms with van der Waals surface area (Å²) in [5.74, 6) is 1.00. The monoisotopic (exact) mass is 362 g/mol. The largest absolute Gasteiger partial charge is 0.357 e. The third-order valence-corrected chi connectivity index (χ3v) is 5.20. The molecule has 0 radical (unpaired) electrons. The molecule has 0 amide bonds. The van der Waals surface area contributed by atoms with E-state index in [1.165, 1.54) is 51.4 Å². The first-order chi connectivity index (χ1) is 12.6. The fourth-order valence-corrected chi connectivity index (χ4v) is 3.41. The summed E-state index contributed by atoms with van der Waals surface area (Å²) >= 11 is 0. The quantitative estimate of drug-likeness (QED) is 0.413. The lowest BCUT2D eigenvalue weighted by Gasteiger charge is -2.33. The van der Waals surface area contributed by atoms with Gasteiger partial charge in [-0.2, -0.15) is 0 Å². The summed E-state index contributed by atoms with van der Waals surface area (Å²) in [5, 5.41) is 3.42. The van der Waals surface area contributed by atoms with E-state index in [4.69, 9.17) is 4.99 Å². The van der Waals surface area contributed by atoms with Crippen molar-refractivity contribution in [2.24, 2.45) is 12.0 Å². The Bertz CT molecular complexity index is 530. The van der Waals surface area contributed by atoms with E-state index in [2.05, 4.69) is 70.9 Å². The van der Waals surface area contributed by atoms with Crippen LogP contribution in [0.3, 0.4) is 0 Å². The van der Waals surface area contributed by atoms with Gasteiger partial charge in [-0.1, -0.05) is 6.92 Å². The van der Waals surface area contributed by atoms with Gasteiger partial charge in [0.25, 0.3) is 0 Å². The van der Waals surface area contributed by atoms with Crippen LogP contribution in [0.1, 0.15) is 32.4 Å². The van der Waals surface area contributed by atoms with Crippen molar-refractivity contribution in [1.29, 1.82) is 0 Å². The molecule has 1 saturated heterocycles. The van der Waals surface area contributed by atoms with Crippen LogP contribution in [-0.2, 0) is 13.6 Å². The number of unbranched alkanes of at least 4 members (excludes halogenated alkanes) is 1. The second-order valence-electron chi connectivity index (χ2n) is 7.19. The van der Waals surface area contributed by atoms with Crippen LogP contribution in [0.2, 0.25) is 0 Å². The molecule has 1 aliphatic heterocycles. The fourth-order valence-electron chi connectivity index (χ4n) is 3.41. The highest BCUT2D eigenvalue weighted by Crippen LogP contribution is 2.05. The highest BCUT2D eigenvalue weighted by Gasteiger charge is 2.14. The summed E-state index contributed by atoms with van der Waals surface area (Å²) in [7, 11) is 4.20. The number of guanidine groups is 1. The van der Waals surface area contributed by atoms with Gasteiger partial charge < -0.3 is 24.6 Å². The molecule has 1 aliphatic rings. The van der Waals surface area contributed by atoms with Crippen molar-refractivity contribution < 1.29 is 0 Å². The molecular weight excluding hydrogens is 324 g/mol. The smallest absolute Gasteiger partial charge is 0.194 e. The molecule has 0 atom stereocenters. The number of aryl methyl sites for hydroxylation is 1. The Labute approximate surface area is 159 Å². The van der Waals surface area contributed by atoms with Gasteiger partial charge in [-0.25, -0.2) is 0 Å². The molecule has 2 rings (SSSR count). The molecule has 0 aromatic carbocycles. The highest BCUT2D eigenvalue weighted by atomic mass is 15.3. The first kappa shape index (κ1) is 20.8. The Morgan fingerprint density at radius 2 is 1.88 bits per heavy atom. The number of hydrogen-bond donors (Lipinski definition) is 1. The molecule has 26 heavy (non-hydrogen) atoms. The van der Waals surface area contributed by atoms with Crippen LogP contribution in [0.5, 0.6) is 0 Å². The lowest BCUT2D eigenvalue weighted by atomic mass is 10.2. The van der Waals surface area contributed by atoms with Gasteiger partial charge in [-0.05, 0) is 45.0 Å². The SMILES string of the molecule is CCNC(=NCCCCN1CCN(CC)CC1)N(C)Cc1cccn1C. The molecule has 1 aromatic heterocycles. The van der Waals surface area contributed by atoms with Crippen LogP contribution in [-0.4, -0.2) is 84.6 Å². The van der Waals surface area contributed by atoms with E-state index in [9.17, 15) is 0 Å². The van der Waals surface area contributed by atoms with Gasteiger partial charge >= 0.3 is 0 Å². The van der Waals surface area contributed by atoms with Crippen LogP contribution < -0.4 is 5.32 Å². The van der Waals surface area contributed by atoms with E-state index in [0.717, 1.165) is 32.0 Å². The lowest BCUT2D eigenvalue weighted by molar-refractivity contribution is 0.136. The molecule has 0 spiro atoms. The predicted molar refractivity (Wildman–Crippen MR) is 111 cm³/mol. The van der Waals surface area contributed by atoms with Crippen molar-refractivity contribution in [3.8, 4) is 0 Å². The van der Waals surface area contributed by atoms with E-state index in [-0.39, 0.29) is 0 Å². The second-order valence-corrected chi connectivity index (χ2v) is 7.19. The summed E-state index contributed by atoms with van der Waals surface area (Å²) < 4.78 is 2.17. The van der Waals surface area contributed by atoms with Gasteiger partial charge in [0.15, 0.2) is 5.96 Å². The molecule has 1 aromatic rings. The highest BCUT2D eigenvalue weighted by molar-refractivity contribution is 5.79. The van der Waals surface area contributed by atoms with Gasteiger partial charge in [0.1, 0.15) is 0 Å². The number of aromatic nitrogens is 1. The Hall–Kier alpha value is -1.53. The zero-order valence-electron chi connectivity index (χ0n) is 17.2. The van der Waals surface area contributed by atoms with Crippen molar-refractivity contribution in [2.75, 3.05) is 59.4 Å². The molecule has 1 fully saturated rings. The molecular formula is C20H38N6. The topological polar surface area (TPSA) is 39.0 Å². The number of nitrogens with zero attached hydrogens (tertiary/aromatic N) is 5. The number of nitrogens with one attached hydrogen (secondary N) is 1. The minimum absolute atomic E-state index is 0.872. The maximum absolute atomic E-state index is 4.83. The maximum Gasteiger partial charge on any atom is 0.194 e. The summed E-state index contributed by atoms with van der Waals surface area (Å²) in [4.78, 5) is 12.2. The minimum atomic E-state index is 0.872. The Balaban J connectivity index is 1.70. The first-order valence-corrected chi connectivity index (χ1v) is 10.2. The number of likely N-dealkylation sites (N-methyl/N-ethyl adjacent to an activating group) is 1. The van der Waals surface area contributed by atoms with Crippen LogP contribution >= 0.6 is 0 Å². The van der Waals surface area contributed by atoms with Crippen molar-refractivity contribution in [3.63, 3.8) is 0 Å². The lowest BCUT2D eigenvalue weighted by Crippen LogP contribution is -2.46. The molecule has 0 bridgehead atoms. The van der Waals surface area contributed by atoms with Crippen LogP contribution in [0, 0.1) is 0 Å². The molecule has 2 heterocycles. The standard InChI is InChI=1S/C20H38N6/c1-5-21-20(24(4)18-19-10-9-12-23(19)3)22-11-7-8-13-26-16-14-25(6-2)15-17-26/h9-10,12H,5-8,11,13-18H2,1-4H3,(H,21,22). The Morgan fingerprint density at radius 3 is 2.50 bits per heavy atom. The summed E-state index contributed by atoms with van der Waals surface area (Å²) in [6.45, 7) is 14.3. The van der Waals surface area contributed by atoms with Crippen molar-refractivity contribution in [3.05, 3.63) is 24.0 Å². The zero-order valence-corrected chi connectivity index (χ0v) is 17.2. The number of piperazine rings is 1. The van der Waals surface area contributed by atoms with Crippen LogP contribution in [0.4, 0.5) is 0 Å². The normalized spacial score (nSPS) is 16.8. The maximum atomic E-state index is 4.83. The van der Waals surface area contributed by atoms with Crippen LogP contribution in [0.15, 0.2) is 23.3 Å². The van der Waals surface area contributed by atoms with Crippen molar-refractivity contribution in [1.82, 2.24) is 24.6 Å². The molecule has 148 valence electrons. The minimum Gasteiger partial charge on any atom is -0.357 e. The van der Waals surface area contributed by atoms with Crippen molar-refractivity contribution in [2.45, 2.75) is 33.2 Å². The molecule has 6 heteroatoms. The van der Waals surface area contributed by atoms with Gasteiger partial charge in [-0.15, -0.1) is 0 Å². The summed E-state index contributed by atoms with van der Waals surface area (Å²) in [6, 6.07) is 4.26. The third kappa shape index (κ3) is 6.65. The van der Waals surface area contributed by atoms with Crippen LogP contribution in [0.25, 0.3) is 0 Å². The Morgan fingerprint density at radius 1 is 1.15 bits per heavy atom. The van der Waals surface area contributed by atoms with E-state index in [1.54, 1.807) is 0 Å². The van der Waals surface area contributed by atoms with Gasteiger partial charge in [0.2, 0.25) is 0 Å². The zero-order chi connectivity index (χ0) is 18.8. The van der Waals surface area contributed by atoms with Crippen molar-refractivity contribution >= 4 is 5.96 Å². The molecule has 6 nitrogen and oxygen atoms in total. The number of rotatable bonds is 9. The first-order valence-electron chi connectivity index (χ1n) is 10.2. The second kappa shape index (κ2) is 11.2. The molecule has 0 saturated carbocycles. The van der Waals surface area contributed by atoms with E-state index in [0.29, 0.717) is 0 Å². The van der Waals surface area contributed by atoms with Gasteiger partial charge in [-0.3, -0.25) is 4.99 Å².